The fraction of sp³-hybridized carbons (Fsp3) is 0.615. The Kier molecular flexibility index (Phi) is 4.39. The summed E-state index contributed by atoms with van der Waals surface area (Å²) in [5.74, 6) is 0. The summed E-state index contributed by atoms with van der Waals surface area (Å²) in [5.41, 5.74) is 4.03. The maximum atomic E-state index is 4.30. The maximum Gasteiger partial charge on any atom is 0.0964 e. The van der Waals surface area contributed by atoms with Crippen LogP contribution < -0.4 is 5.32 Å². The fourth-order valence-electron chi connectivity index (χ4n) is 2.01. The van der Waals surface area contributed by atoms with E-state index in [2.05, 4.69) is 37.9 Å². The maximum absolute atomic E-state index is 4.30. The largest absolute Gasteiger partial charge is 0.308 e. The molecule has 20 heavy (non-hydrogen) atoms. The third kappa shape index (κ3) is 4.09. The number of rotatable bonds is 8. The van der Waals surface area contributed by atoms with E-state index in [-0.39, 0.29) is 0 Å². The summed E-state index contributed by atoms with van der Waals surface area (Å²) in [6.07, 6.45) is 4.64. The van der Waals surface area contributed by atoms with Crippen LogP contribution in [0.25, 0.3) is 0 Å². The average molecular weight is 292 g/mol. The van der Waals surface area contributed by atoms with E-state index in [0.717, 1.165) is 37.6 Å². The first-order valence-corrected chi connectivity index (χ1v) is 7.92. The second-order valence-electron chi connectivity index (χ2n) is 5.35. The Morgan fingerprint density at radius 1 is 1.45 bits per heavy atom. The number of hydrogen-bond donors (Lipinski definition) is 1. The average Bonchev–Trinajstić information content (AvgIpc) is 2.94. The van der Waals surface area contributed by atoms with Crippen molar-refractivity contribution in [2.75, 3.05) is 13.6 Å². The van der Waals surface area contributed by atoms with Gasteiger partial charge in [-0.1, -0.05) is 5.21 Å². The molecule has 1 aliphatic rings. The van der Waals surface area contributed by atoms with Crippen molar-refractivity contribution in [3.8, 4) is 0 Å². The van der Waals surface area contributed by atoms with Crippen molar-refractivity contribution in [1.82, 2.24) is 30.2 Å². The molecule has 0 amide bonds. The predicted octanol–water partition coefficient (Wildman–Crippen LogP) is 1.12. The van der Waals surface area contributed by atoms with Gasteiger partial charge in [-0.2, -0.15) is 0 Å². The molecule has 0 aliphatic heterocycles. The van der Waals surface area contributed by atoms with Gasteiger partial charge in [-0.05, 0) is 19.9 Å². The lowest BCUT2D eigenvalue weighted by atomic mass is 10.4. The van der Waals surface area contributed by atoms with Crippen LogP contribution in [0.3, 0.4) is 0 Å². The molecule has 1 fully saturated rings. The summed E-state index contributed by atoms with van der Waals surface area (Å²) in [4.78, 5) is 6.54. The Bertz CT molecular complexity index is 519. The van der Waals surface area contributed by atoms with Gasteiger partial charge in [-0.3, -0.25) is 9.58 Å². The summed E-state index contributed by atoms with van der Waals surface area (Å²) in [7, 11) is 2.10. The standard InChI is InChI=1S/C13H20N6S/c1-18(7-13-9-20-10-15-13)4-5-19-8-12(16-17-19)6-14-11-2-3-11/h8-11,14H,2-7H2,1H3. The van der Waals surface area contributed by atoms with Crippen molar-refractivity contribution in [1.29, 1.82) is 0 Å². The number of nitrogens with one attached hydrogen (secondary N) is 1. The van der Waals surface area contributed by atoms with E-state index in [1.54, 1.807) is 11.3 Å². The fourth-order valence-corrected chi connectivity index (χ4v) is 2.56. The Hall–Kier alpha value is -1.31. The minimum Gasteiger partial charge on any atom is -0.308 e. The molecule has 0 saturated heterocycles. The van der Waals surface area contributed by atoms with Gasteiger partial charge in [0.2, 0.25) is 0 Å². The molecule has 0 atom stereocenters. The van der Waals surface area contributed by atoms with Crippen molar-refractivity contribution >= 4 is 11.3 Å². The van der Waals surface area contributed by atoms with Crippen LogP contribution in [0.2, 0.25) is 0 Å². The Morgan fingerprint density at radius 3 is 3.10 bits per heavy atom. The van der Waals surface area contributed by atoms with Crippen LogP contribution in [-0.4, -0.2) is 44.5 Å². The second kappa shape index (κ2) is 6.43. The smallest absolute Gasteiger partial charge is 0.0964 e. The lowest BCUT2D eigenvalue weighted by Gasteiger charge is -2.14. The second-order valence-corrected chi connectivity index (χ2v) is 6.06. The highest BCUT2D eigenvalue weighted by Gasteiger charge is 2.20. The Labute approximate surface area is 122 Å². The predicted molar refractivity (Wildman–Crippen MR) is 78.3 cm³/mol. The van der Waals surface area contributed by atoms with Crippen molar-refractivity contribution < 1.29 is 0 Å². The number of aromatic nitrogens is 4. The van der Waals surface area contributed by atoms with Gasteiger partial charge in [0.25, 0.3) is 0 Å². The quantitative estimate of drug-likeness (QED) is 0.790. The minimum atomic E-state index is 0.712. The molecule has 1 saturated carbocycles. The SMILES string of the molecule is CN(CCn1cc(CNC2CC2)nn1)Cc1cscn1. The molecule has 0 unspecified atom stereocenters. The van der Waals surface area contributed by atoms with Crippen molar-refractivity contribution in [3.05, 3.63) is 28.5 Å². The highest BCUT2D eigenvalue weighted by molar-refractivity contribution is 7.07. The van der Waals surface area contributed by atoms with Gasteiger partial charge in [-0.15, -0.1) is 16.4 Å². The van der Waals surface area contributed by atoms with Crippen LogP contribution in [0, 0.1) is 0 Å². The van der Waals surface area contributed by atoms with Gasteiger partial charge in [-0.25, -0.2) is 4.98 Å². The summed E-state index contributed by atoms with van der Waals surface area (Å²) >= 11 is 1.64. The minimum absolute atomic E-state index is 0.712. The molecule has 6 nitrogen and oxygen atoms in total. The number of thiazole rings is 1. The normalized spacial score (nSPS) is 15.1. The van der Waals surface area contributed by atoms with E-state index < -0.39 is 0 Å². The van der Waals surface area contributed by atoms with Crippen LogP contribution in [0.5, 0.6) is 0 Å². The summed E-state index contributed by atoms with van der Waals surface area (Å²) in [6, 6.07) is 0.712. The van der Waals surface area contributed by atoms with Crippen LogP contribution in [0.4, 0.5) is 0 Å². The molecule has 2 aromatic heterocycles. The molecule has 0 spiro atoms. The van der Waals surface area contributed by atoms with Gasteiger partial charge in [0.05, 0.1) is 23.4 Å². The summed E-state index contributed by atoms with van der Waals surface area (Å²) < 4.78 is 1.92. The van der Waals surface area contributed by atoms with Crippen LogP contribution in [-0.2, 0) is 19.6 Å². The third-order valence-electron chi connectivity index (χ3n) is 3.36. The Balaban J connectivity index is 1.40. The molecule has 2 aromatic rings. The highest BCUT2D eigenvalue weighted by atomic mass is 32.1. The van der Waals surface area contributed by atoms with E-state index in [0.29, 0.717) is 6.04 Å². The molecule has 0 aromatic carbocycles. The third-order valence-corrected chi connectivity index (χ3v) is 4.00. The molecule has 7 heteroatoms. The summed E-state index contributed by atoms with van der Waals surface area (Å²) in [5, 5.41) is 13.9. The first-order valence-electron chi connectivity index (χ1n) is 6.97. The molecule has 2 heterocycles. The molecular formula is C13H20N6S. The zero-order valence-corrected chi connectivity index (χ0v) is 12.5. The first kappa shape index (κ1) is 13.7. The van der Waals surface area contributed by atoms with Crippen LogP contribution >= 0.6 is 11.3 Å². The molecular weight excluding hydrogens is 272 g/mol. The van der Waals surface area contributed by atoms with Crippen molar-refractivity contribution in [3.63, 3.8) is 0 Å². The molecule has 3 rings (SSSR count). The van der Waals surface area contributed by atoms with Crippen LogP contribution in [0.1, 0.15) is 24.2 Å². The zero-order chi connectivity index (χ0) is 13.8. The van der Waals surface area contributed by atoms with Crippen molar-refractivity contribution in [2.24, 2.45) is 0 Å². The van der Waals surface area contributed by atoms with Gasteiger partial charge in [0.15, 0.2) is 0 Å². The van der Waals surface area contributed by atoms with Gasteiger partial charge in [0, 0.05) is 37.3 Å². The summed E-state index contributed by atoms with van der Waals surface area (Å²) in [6.45, 7) is 3.51. The number of hydrogen-bond acceptors (Lipinski definition) is 6. The van der Waals surface area contributed by atoms with Gasteiger partial charge in [0.1, 0.15) is 0 Å². The van der Waals surface area contributed by atoms with E-state index in [4.69, 9.17) is 0 Å². The number of likely N-dealkylation sites (N-methyl/N-ethyl adjacent to an activating group) is 1. The molecule has 1 N–H and O–H groups in total. The van der Waals surface area contributed by atoms with Gasteiger partial charge >= 0.3 is 0 Å². The number of nitrogens with zero attached hydrogens (tertiary/aromatic N) is 5. The van der Waals surface area contributed by atoms with Crippen molar-refractivity contribution in [2.45, 2.75) is 38.5 Å². The molecule has 1 aliphatic carbocycles. The lowest BCUT2D eigenvalue weighted by molar-refractivity contribution is 0.301. The monoisotopic (exact) mass is 292 g/mol. The Morgan fingerprint density at radius 2 is 2.35 bits per heavy atom. The van der Waals surface area contributed by atoms with E-state index in [9.17, 15) is 0 Å². The van der Waals surface area contributed by atoms with Gasteiger partial charge < -0.3 is 5.32 Å². The zero-order valence-electron chi connectivity index (χ0n) is 11.7. The molecule has 0 bridgehead atoms. The lowest BCUT2D eigenvalue weighted by Crippen LogP contribution is -2.23. The van der Waals surface area contributed by atoms with E-state index in [1.807, 2.05) is 16.4 Å². The highest BCUT2D eigenvalue weighted by Crippen LogP contribution is 2.18. The van der Waals surface area contributed by atoms with Crippen LogP contribution in [0.15, 0.2) is 17.1 Å². The molecule has 108 valence electrons. The van der Waals surface area contributed by atoms with E-state index in [1.165, 1.54) is 12.8 Å². The van der Waals surface area contributed by atoms with E-state index >= 15 is 0 Å². The topological polar surface area (TPSA) is 58.9 Å². The first-order chi connectivity index (χ1) is 9.79. The molecule has 0 radical (unpaired) electrons.